The van der Waals surface area contributed by atoms with E-state index in [0.717, 1.165) is 33.9 Å². The quantitative estimate of drug-likeness (QED) is 0.572. The predicted octanol–water partition coefficient (Wildman–Crippen LogP) is 3.42. The summed E-state index contributed by atoms with van der Waals surface area (Å²) in [5.74, 6) is 0. The van der Waals surface area contributed by atoms with E-state index in [1.165, 1.54) is 0 Å². The highest BCUT2D eigenvalue weighted by atomic mass is 32.2. The number of rotatable bonds is 5. The largest absolute Gasteiger partial charge is 0.307 e. The molecule has 8 heteroatoms. The number of nitrogens with one attached hydrogen (secondary N) is 1. The van der Waals surface area contributed by atoms with Crippen LogP contribution in [0.3, 0.4) is 0 Å². The van der Waals surface area contributed by atoms with Crippen LogP contribution < -0.4 is 4.72 Å². The Balaban J connectivity index is 1.52. The summed E-state index contributed by atoms with van der Waals surface area (Å²) in [6, 6.07) is 13.1. The van der Waals surface area contributed by atoms with Crippen LogP contribution in [0.15, 0.2) is 60.2 Å². The molecule has 0 radical (unpaired) electrons. The summed E-state index contributed by atoms with van der Waals surface area (Å²) in [7, 11) is -3.27. The molecule has 4 rings (SSSR count). The van der Waals surface area contributed by atoms with Gasteiger partial charge in [0.15, 0.2) is 0 Å². The first kappa shape index (κ1) is 16.7. The lowest BCUT2D eigenvalue weighted by molar-refractivity contribution is 0.607. The Hall–Kier alpha value is -2.71. The van der Waals surface area contributed by atoms with Crippen LogP contribution >= 0.6 is 11.3 Å². The number of hydrogen-bond acceptors (Lipinski definition) is 5. The standard InChI is InChI=1S/C18H16N4O2S2/c1-26(23,24)21-14-7-5-13(6-8-14)16-12-25-18(20-16)10-15-11-22-9-3-2-4-17(22)19-15/h2-9,11-12,21H,10H2,1H3. The van der Waals surface area contributed by atoms with Crippen LogP contribution in [0.2, 0.25) is 0 Å². The van der Waals surface area contributed by atoms with E-state index < -0.39 is 10.0 Å². The summed E-state index contributed by atoms with van der Waals surface area (Å²) < 4.78 is 27.0. The molecule has 1 aromatic carbocycles. The van der Waals surface area contributed by atoms with Crippen molar-refractivity contribution in [3.05, 3.63) is 70.9 Å². The molecule has 0 saturated heterocycles. The van der Waals surface area contributed by atoms with E-state index in [9.17, 15) is 8.42 Å². The molecule has 26 heavy (non-hydrogen) atoms. The zero-order chi connectivity index (χ0) is 18.1. The maximum Gasteiger partial charge on any atom is 0.229 e. The van der Waals surface area contributed by atoms with Gasteiger partial charge in [-0.05, 0) is 24.3 Å². The molecule has 0 unspecified atom stereocenters. The highest BCUT2D eigenvalue weighted by Gasteiger charge is 2.09. The van der Waals surface area contributed by atoms with Gasteiger partial charge in [0.1, 0.15) is 5.65 Å². The fourth-order valence-corrected chi connectivity index (χ4v) is 4.06. The molecule has 3 aromatic heterocycles. The first-order chi connectivity index (χ1) is 12.5. The van der Waals surface area contributed by atoms with E-state index in [-0.39, 0.29) is 0 Å². The fraction of sp³-hybridized carbons (Fsp3) is 0.111. The van der Waals surface area contributed by atoms with Gasteiger partial charge < -0.3 is 4.40 Å². The Bertz CT molecular complexity index is 1130. The molecule has 0 aliphatic heterocycles. The van der Waals surface area contributed by atoms with Gasteiger partial charge in [0.25, 0.3) is 0 Å². The number of benzene rings is 1. The number of sulfonamides is 1. The minimum atomic E-state index is -3.27. The normalized spacial score (nSPS) is 11.7. The summed E-state index contributed by atoms with van der Waals surface area (Å²) in [5, 5.41) is 2.99. The second-order valence-electron chi connectivity index (χ2n) is 5.95. The second kappa shape index (κ2) is 6.54. The molecule has 0 atom stereocenters. The van der Waals surface area contributed by atoms with E-state index in [0.29, 0.717) is 12.1 Å². The van der Waals surface area contributed by atoms with Gasteiger partial charge in [-0.3, -0.25) is 4.72 Å². The van der Waals surface area contributed by atoms with Crippen molar-refractivity contribution >= 4 is 32.7 Å². The topological polar surface area (TPSA) is 76.4 Å². The number of fused-ring (bicyclic) bond motifs is 1. The maximum atomic E-state index is 11.3. The van der Waals surface area contributed by atoms with Gasteiger partial charge in [-0.25, -0.2) is 18.4 Å². The second-order valence-corrected chi connectivity index (χ2v) is 8.64. The highest BCUT2D eigenvalue weighted by molar-refractivity contribution is 7.92. The number of pyridine rings is 1. The predicted molar refractivity (Wildman–Crippen MR) is 104 cm³/mol. The number of aromatic nitrogens is 3. The van der Waals surface area contributed by atoms with Crippen molar-refractivity contribution in [3.63, 3.8) is 0 Å². The van der Waals surface area contributed by atoms with Crippen LogP contribution in [-0.4, -0.2) is 29.0 Å². The van der Waals surface area contributed by atoms with Crippen molar-refractivity contribution in [1.29, 1.82) is 0 Å². The molecule has 0 saturated carbocycles. The third kappa shape index (κ3) is 3.76. The van der Waals surface area contributed by atoms with E-state index in [4.69, 9.17) is 0 Å². The Morgan fingerprint density at radius 2 is 1.92 bits per heavy atom. The van der Waals surface area contributed by atoms with Gasteiger partial charge >= 0.3 is 0 Å². The van der Waals surface area contributed by atoms with Gasteiger partial charge in [-0.15, -0.1) is 11.3 Å². The maximum absolute atomic E-state index is 11.3. The van der Waals surface area contributed by atoms with Crippen LogP contribution in [0.5, 0.6) is 0 Å². The van der Waals surface area contributed by atoms with Gasteiger partial charge in [0.05, 0.1) is 22.7 Å². The Morgan fingerprint density at radius 3 is 2.65 bits per heavy atom. The number of hydrogen-bond donors (Lipinski definition) is 1. The lowest BCUT2D eigenvalue weighted by Crippen LogP contribution is -2.09. The van der Waals surface area contributed by atoms with Crippen molar-refractivity contribution < 1.29 is 8.42 Å². The van der Waals surface area contributed by atoms with Gasteiger partial charge in [-0.2, -0.15) is 0 Å². The van der Waals surface area contributed by atoms with Gasteiger partial charge in [-0.1, -0.05) is 18.2 Å². The zero-order valence-corrected chi connectivity index (χ0v) is 15.6. The average Bonchev–Trinajstić information content (AvgIpc) is 3.20. The first-order valence-corrected chi connectivity index (χ1v) is 10.7. The zero-order valence-electron chi connectivity index (χ0n) is 14.0. The molecule has 0 aliphatic carbocycles. The van der Waals surface area contributed by atoms with Crippen molar-refractivity contribution in [1.82, 2.24) is 14.4 Å². The van der Waals surface area contributed by atoms with Crippen molar-refractivity contribution in [2.24, 2.45) is 0 Å². The highest BCUT2D eigenvalue weighted by Crippen LogP contribution is 2.25. The van der Waals surface area contributed by atoms with Crippen molar-refractivity contribution in [3.8, 4) is 11.3 Å². The molecule has 0 bridgehead atoms. The summed E-state index contributed by atoms with van der Waals surface area (Å²) >= 11 is 1.59. The molecule has 0 fully saturated rings. The molecule has 132 valence electrons. The lowest BCUT2D eigenvalue weighted by atomic mass is 10.1. The third-order valence-corrected chi connectivity index (χ3v) is 5.24. The van der Waals surface area contributed by atoms with E-state index in [1.807, 2.05) is 52.5 Å². The Morgan fingerprint density at radius 1 is 1.12 bits per heavy atom. The summed E-state index contributed by atoms with van der Waals surface area (Å²) in [6.45, 7) is 0. The molecule has 1 N–H and O–H groups in total. The molecule has 0 amide bonds. The molecule has 0 spiro atoms. The van der Waals surface area contributed by atoms with Crippen LogP contribution in [-0.2, 0) is 16.4 Å². The molecular weight excluding hydrogens is 368 g/mol. The number of anilines is 1. The Kier molecular flexibility index (Phi) is 4.21. The lowest BCUT2D eigenvalue weighted by Gasteiger charge is -2.04. The number of thiazole rings is 1. The minimum Gasteiger partial charge on any atom is -0.307 e. The van der Waals surface area contributed by atoms with Crippen molar-refractivity contribution in [2.75, 3.05) is 11.0 Å². The minimum absolute atomic E-state index is 0.538. The molecule has 0 aliphatic rings. The Labute approximate surface area is 155 Å². The smallest absolute Gasteiger partial charge is 0.229 e. The molecular formula is C18H16N4O2S2. The average molecular weight is 384 g/mol. The van der Waals surface area contributed by atoms with Crippen molar-refractivity contribution in [2.45, 2.75) is 6.42 Å². The summed E-state index contributed by atoms with van der Waals surface area (Å²) in [6.07, 6.45) is 5.81. The summed E-state index contributed by atoms with van der Waals surface area (Å²) in [5.41, 5.74) is 4.26. The molecule has 3 heterocycles. The van der Waals surface area contributed by atoms with Gasteiger partial charge in [0, 0.05) is 35.4 Å². The molecule has 6 nitrogen and oxygen atoms in total. The van der Waals surface area contributed by atoms with E-state index in [2.05, 4.69) is 14.7 Å². The number of nitrogens with zero attached hydrogens (tertiary/aromatic N) is 3. The SMILES string of the molecule is CS(=O)(=O)Nc1ccc(-c2csc(Cc3cn4ccccc4n3)n2)cc1. The fourth-order valence-electron chi connectivity index (χ4n) is 2.68. The summed E-state index contributed by atoms with van der Waals surface area (Å²) in [4.78, 5) is 9.28. The monoisotopic (exact) mass is 384 g/mol. The van der Waals surface area contributed by atoms with Crippen LogP contribution in [0, 0.1) is 0 Å². The van der Waals surface area contributed by atoms with Gasteiger partial charge in [0.2, 0.25) is 10.0 Å². The third-order valence-electron chi connectivity index (χ3n) is 3.78. The molecule has 4 aromatic rings. The van der Waals surface area contributed by atoms with E-state index >= 15 is 0 Å². The van der Waals surface area contributed by atoms with Crippen LogP contribution in [0.25, 0.3) is 16.9 Å². The first-order valence-electron chi connectivity index (χ1n) is 7.91. The van der Waals surface area contributed by atoms with Crippen LogP contribution in [0.1, 0.15) is 10.7 Å². The van der Waals surface area contributed by atoms with E-state index in [1.54, 1.807) is 23.5 Å². The number of imidazole rings is 1. The van der Waals surface area contributed by atoms with Crippen LogP contribution in [0.4, 0.5) is 5.69 Å².